The summed E-state index contributed by atoms with van der Waals surface area (Å²) in [5.74, 6) is 0. The Labute approximate surface area is 94.3 Å². The highest BCUT2D eigenvalue weighted by Crippen LogP contribution is 2.03. The van der Waals surface area contributed by atoms with Gasteiger partial charge in [-0.15, -0.1) is 0 Å². The minimum Gasteiger partial charge on any atom is -0.298 e. The summed E-state index contributed by atoms with van der Waals surface area (Å²) in [6.45, 7) is 4.48. The lowest BCUT2D eigenvalue weighted by atomic mass is 10.3. The fraction of sp³-hybridized carbons (Fsp3) is 1.00. The van der Waals surface area contributed by atoms with Crippen molar-refractivity contribution in [3.05, 3.63) is 0 Å². The van der Waals surface area contributed by atoms with E-state index in [0.717, 1.165) is 29.1 Å². The molecule has 0 saturated heterocycles. The standard InChI is InChI=1S/C7H14Br3N/c1-7(6-10)11(4-2-8)5-3-9/h7H,2-6H2,1H3. The van der Waals surface area contributed by atoms with Gasteiger partial charge in [0, 0.05) is 35.1 Å². The van der Waals surface area contributed by atoms with Crippen LogP contribution in [-0.2, 0) is 0 Å². The lowest BCUT2D eigenvalue weighted by molar-refractivity contribution is 0.257. The second-order valence-electron chi connectivity index (χ2n) is 2.42. The first-order valence-corrected chi connectivity index (χ1v) is 7.04. The molecule has 11 heavy (non-hydrogen) atoms. The van der Waals surface area contributed by atoms with E-state index in [9.17, 15) is 0 Å². The topological polar surface area (TPSA) is 3.24 Å². The van der Waals surface area contributed by atoms with E-state index >= 15 is 0 Å². The highest BCUT2D eigenvalue weighted by atomic mass is 79.9. The molecule has 0 aromatic rings. The predicted molar refractivity (Wildman–Crippen MR) is 62.4 cm³/mol. The Bertz CT molecular complexity index is 83.8. The Morgan fingerprint density at radius 3 is 1.82 bits per heavy atom. The second kappa shape index (κ2) is 8.02. The van der Waals surface area contributed by atoms with Crippen molar-refractivity contribution in [3.8, 4) is 0 Å². The Kier molecular flexibility index (Phi) is 9.04. The minimum absolute atomic E-state index is 0.630. The molecule has 0 amide bonds. The molecule has 0 aliphatic heterocycles. The number of nitrogens with zero attached hydrogens (tertiary/aromatic N) is 1. The largest absolute Gasteiger partial charge is 0.298 e. The zero-order valence-electron chi connectivity index (χ0n) is 6.69. The molecule has 4 heteroatoms. The monoisotopic (exact) mass is 349 g/mol. The molecule has 0 fully saturated rings. The molecule has 0 aliphatic carbocycles. The van der Waals surface area contributed by atoms with Crippen molar-refractivity contribution < 1.29 is 0 Å². The van der Waals surface area contributed by atoms with Crippen molar-refractivity contribution in [1.29, 1.82) is 0 Å². The van der Waals surface area contributed by atoms with E-state index in [1.54, 1.807) is 0 Å². The van der Waals surface area contributed by atoms with Crippen molar-refractivity contribution in [2.24, 2.45) is 0 Å². The maximum Gasteiger partial charge on any atom is 0.0185 e. The molecule has 1 unspecified atom stereocenters. The van der Waals surface area contributed by atoms with Gasteiger partial charge in [-0.25, -0.2) is 0 Å². The Hall–Kier alpha value is 1.40. The summed E-state index contributed by atoms with van der Waals surface area (Å²) in [4.78, 5) is 2.44. The average Bonchev–Trinajstić information content (AvgIpc) is 2.03. The van der Waals surface area contributed by atoms with Crippen LogP contribution in [0, 0.1) is 0 Å². The van der Waals surface area contributed by atoms with Crippen LogP contribution in [0.15, 0.2) is 0 Å². The smallest absolute Gasteiger partial charge is 0.0185 e. The van der Waals surface area contributed by atoms with Crippen molar-refractivity contribution in [3.63, 3.8) is 0 Å². The molecule has 0 radical (unpaired) electrons. The van der Waals surface area contributed by atoms with Gasteiger partial charge in [0.05, 0.1) is 0 Å². The fourth-order valence-electron chi connectivity index (χ4n) is 0.867. The molecule has 0 aromatic carbocycles. The number of alkyl halides is 3. The van der Waals surface area contributed by atoms with Crippen LogP contribution in [0.4, 0.5) is 0 Å². The Morgan fingerprint density at radius 1 is 1.09 bits per heavy atom. The van der Waals surface area contributed by atoms with Crippen LogP contribution in [0.5, 0.6) is 0 Å². The molecule has 0 heterocycles. The van der Waals surface area contributed by atoms with Gasteiger partial charge in [-0.05, 0) is 6.92 Å². The molecule has 0 saturated carbocycles. The zero-order valence-corrected chi connectivity index (χ0v) is 11.5. The maximum atomic E-state index is 3.48. The van der Waals surface area contributed by atoms with Crippen molar-refractivity contribution in [2.75, 3.05) is 29.1 Å². The Balaban J connectivity index is 3.66. The van der Waals surface area contributed by atoms with E-state index in [2.05, 4.69) is 59.6 Å². The van der Waals surface area contributed by atoms with E-state index in [1.807, 2.05) is 0 Å². The molecular formula is C7H14Br3N. The average molecular weight is 352 g/mol. The third-order valence-electron chi connectivity index (χ3n) is 1.59. The minimum atomic E-state index is 0.630. The van der Waals surface area contributed by atoms with Crippen molar-refractivity contribution in [1.82, 2.24) is 4.90 Å². The molecule has 0 N–H and O–H groups in total. The van der Waals surface area contributed by atoms with Gasteiger partial charge in [0.25, 0.3) is 0 Å². The highest BCUT2D eigenvalue weighted by Gasteiger charge is 2.09. The highest BCUT2D eigenvalue weighted by molar-refractivity contribution is 9.09. The van der Waals surface area contributed by atoms with E-state index in [0.29, 0.717) is 6.04 Å². The summed E-state index contributed by atoms with van der Waals surface area (Å²) in [5, 5.41) is 3.15. The second-order valence-corrected chi connectivity index (χ2v) is 4.65. The molecule has 0 aromatic heterocycles. The number of hydrogen-bond acceptors (Lipinski definition) is 1. The van der Waals surface area contributed by atoms with E-state index in [-0.39, 0.29) is 0 Å². The number of rotatable bonds is 6. The molecular weight excluding hydrogens is 338 g/mol. The molecule has 68 valence electrons. The summed E-state index contributed by atoms with van der Waals surface area (Å²) in [7, 11) is 0. The van der Waals surface area contributed by atoms with Crippen LogP contribution in [0.25, 0.3) is 0 Å². The molecule has 0 aliphatic rings. The molecule has 1 atom stereocenters. The van der Waals surface area contributed by atoms with Gasteiger partial charge < -0.3 is 0 Å². The quantitative estimate of drug-likeness (QED) is 0.665. The van der Waals surface area contributed by atoms with Crippen molar-refractivity contribution >= 4 is 47.8 Å². The van der Waals surface area contributed by atoms with Crippen LogP contribution < -0.4 is 0 Å². The zero-order chi connectivity index (χ0) is 8.69. The Morgan fingerprint density at radius 2 is 1.55 bits per heavy atom. The third-order valence-corrected chi connectivity index (χ3v) is 3.24. The lowest BCUT2D eigenvalue weighted by Crippen LogP contribution is -2.37. The van der Waals surface area contributed by atoms with Gasteiger partial charge in [-0.2, -0.15) is 0 Å². The predicted octanol–water partition coefficient (Wildman–Crippen LogP) is 2.86. The van der Waals surface area contributed by atoms with Gasteiger partial charge in [0.15, 0.2) is 0 Å². The van der Waals surface area contributed by atoms with Gasteiger partial charge in [-0.1, -0.05) is 47.8 Å². The fourth-order valence-corrected chi connectivity index (χ4v) is 2.19. The van der Waals surface area contributed by atoms with Gasteiger partial charge in [0.2, 0.25) is 0 Å². The van der Waals surface area contributed by atoms with E-state index in [1.165, 1.54) is 0 Å². The van der Waals surface area contributed by atoms with Crippen LogP contribution in [0.1, 0.15) is 6.92 Å². The van der Waals surface area contributed by atoms with E-state index < -0.39 is 0 Å². The summed E-state index contributed by atoms with van der Waals surface area (Å²) in [5.41, 5.74) is 0. The first-order chi connectivity index (χ1) is 5.26. The summed E-state index contributed by atoms with van der Waals surface area (Å²) < 4.78 is 0. The number of halogens is 3. The molecule has 0 spiro atoms. The lowest BCUT2D eigenvalue weighted by Gasteiger charge is -2.25. The summed E-state index contributed by atoms with van der Waals surface area (Å²) in [6.07, 6.45) is 0. The summed E-state index contributed by atoms with van der Waals surface area (Å²) in [6, 6.07) is 0.630. The third kappa shape index (κ3) is 5.61. The summed E-state index contributed by atoms with van der Waals surface area (Å²) >= 11 is 10.4. The molecule has 1 nitrogen and oxygen atoms in total. The molecule has 0 rings (SSSR count). The molecule has 0 bridgehead atoms. The normalized spacial score (nSPS) is 13.9. The van der Waals surface area contributed by atoms with Crippen LogP contribution in [0.3, 0.4) is 0 Å². The van der Waals surface area contributed by atoms with Crippen LogP contribution in [0.2, 0.25) is 0 Å². The maximum absolute atomic E-state index is 3.48. The van der Waals surface area contributed by atoms with Gasteiger partial charge in [0.1, 0.15) is 0 Å². The van der Waals surface area contributed by atoms with Gasteiger partial charge in [-0.3, -0.25) is 4.90 Å². The van der Waals surface area contributed by atoms with Crippen molar-refractivity contribution in [2.45, 2.75) is 13.0 Å². The SMILES string of the molecule is CC(CBr)N(CCBr)CCBr. The van der Waals surface area contributed by atoms with E-state index in [4.69, 9.17) is 0 Å². The van der Waals surface area contributed by atoms with Crippen LogP contribution >= 0.6 is 47.8 Å². The first-order valence-electron chi connectivity index (χ1n) is 3.68. The van der Waals surface area contributed by atoms with Gasteiger partial charge >= 0.3 is 0 Å². The first kappa shape index (κ1) is 12.4. The van der Waals surface area contributed by atoms with Crippen LogP contribution in [-0.4, -0.2) is 40.0 Å². The number of hydrogen-bond donors (Lipinski definition) is 0.